The van der Waals surface area contributed by atoms with Gasteiger partial charge in [-0.3, -0.25) is 4.79 Å². The van der Waals surface area contributed by atoms with Crippen molar-refractivity contribution in [3.63, 3.8) is 0 Å². The van der Waals surface area contributed by atoms with E-state index >= 15 is 0 Å². The van der Waals surface area contributed by atoms with Crippen molar-refractivity contribution in [1.82, 2.24) is 4.90 Å². The minimum atomic E-state index is 0.290. The van der Waals surface area contributed by atoms with Crippen LogP contribution >= 0.6 is 11.8 Å². The number of piperidine rings is 1. The predicted molar refractivity (Wildman–Crippen MR) is 81.6 cm³/mol. The van der Waals surface area contributed by atoms with Crippen LogP contribution in [-0.4, -0.2) is 29.6 Å². The highest BCUT2D eigenvalue weighted by Gasteiger charge is 2.20. The molecule has 2 nitrogen and oxygen atoms in total. The Morgan fingerprint density at radius 2 is 2.00 bits per heavy atom. The highest BCUT2D eigenvalue weighted by Crippen LogP contribution is 2.24. The Morgan fingerprint density at radius 3 is 2.68 bits per heavy atom. The maximum atomic E-state index is 12.2. The Bertz CT molecular complexity index is 450. The van der Waals surface area contributed by atoms with Gasteiger partial charge in [-0.2, -0.15) is 0 Å². The molecular formula is C16H23NOS. The van der Waals surface area contributed by atoms with Crippen LogP contribution in [0.15, 0.2) is 23.1 Å². The molecule has 0 unspecified atom stereocenters. The van der Waals surface area contributed by atoms with E-state index in [-0.39, 0.29) is 5.91 Å². The van der Waals surface area contributed by atoms with E-state index in [1.54, 1.807) is 11.8 Å². The highest BCUT2D eigenvalue weighted by molar-refractivity contribution is 8.00. The first-order valence-corrected chi connectivity index (χ1v) is 8.02. The monoisotopic (exact) mass is 277 g/mol. The second-order valence-electron chi connectivity index (χ2n) is 5.62. The number of rotatable bonds is 3. The number of aryl methyl sites for hydroxylation is 2. The lowest BCUT2D eigenvalue weighted by molar-refractivity contribution is -0.129. The van der Waals surface area contributed by atoms with E-state index in [1.165, 1.54) is 16.0 Å². The van der Waals surface area contributed by atoms with Crippen molar-refractivity contribution in [3.8, 4) is 0 Å². The summed E-state index contributed by atoms with van der Waals surface area (Å²) in [4.78, 5) is 15.4. The minimum Gasteiger partial charge on any atom is -0.342 e. The lowest BCUT2D eigenvalue weighted by atomic mass is 9.99. The summed E-state index contributed by atoms with van der Waals surface area (Å²) in [5.41, 5.74) is 2.52. The van der Waals surface area contributed by atoms with Crippen LogP contribution in [0.5, 0.6) is 0 Å². The largest absolute Gasteiger partial charge is 0.342 e. The molecule has 19 heavy (non-hydrogen) atoms. The van der Waals surface area contributed by atoms with Crippen LogP contribution in [0.4, 0.5) is 0 Å². The standard InChI is InChI=1S/C16H23NOS/c1-12-6-8-17(9-7-12)16(18)11-19-15-10-13(2)4-5-14(15)3/h4-5,10,12H,6-9,11H2,1-3H3. The molecular weight excluding hydrogens is 254 g/mol. The molecule has 0 aliphatic carbocycles. The summed E-state index contributed by atoms with van der Waals surface area (Å²) in [5.74, 6) is 1.63. The highest BCUT2D eigenvalue weighted by atomic mass is 32.2. The van der Waals surface area contributed by atoms with Crippen molar-refractivity contribution in [2.45, 2.75) is 38.5 Å². The maximum Gasteiger partial charge on any atom is 0.232 e. The topological polar surface area (TPSA) is 20.3 Å². The van der Waals surface area contributed by atoms with Gasteiger partial charge in [0.2, 0.25) is 5.91 Å². The Labute approximate surface area is 120 Å². The zero-order valence-electron chi connectivity index (χ0n) is 12.1. The van der Waals surface area contributed by atoms with E-state index in [0.717, 1.165) is 31.8 Å². The Hall–Kier alpha value is -0.960. The van der Waals surface area contributed by atoms with Crippen LogP contribution in [0, 0.1) is 19.8 Å². The molecule has 1 fully saturated rings. The number of benzene rings is 1. The van der Waals surface area contributed by atoms with Gasteiger partial charge < -0.3 is 4.90 Å². The van der Waals surface area contributed by atoms with Gasteiger partial charge in [-0.25, -0.2) is 0 Å². The molecule has 0 radical (unpaired) electrons. The number of hydrogen-bond acceptors (Lipinski definition) is 2. The zero-order chi connectivity index (χ0) is 13.8. The third kappa shape index (κ3) is 4.00. The van der Waals surface area contributed by atoms with Crippen molar-refractivity contribution in [2.75, 3.05) is 18.8 Å². The van der Waals surface area contributed by atoms with E-state index in [2.05, 4.69) is 39.0 Å². The molecule has 0 saturated carbocycles. The summed E-state index contributed by atoms with van der Waals surface area (Å²) in [5, 5.41) is 0. The summed E-state index contributed by atoms with van der Waals surface area (Å²) >= 11 is 1.67. The van der Waals surface area contributed by atoms with Gasteiger partial charge in [0.25, 0.3) is 0 Å². The molecule has 0 atom stereocenters. The summed E-state index contributed by atoms with van der Waals surface area (Å²) in [6.45, 7) is 8.35. The Kier molecular flexibility index (Phi) is 4.92. The molecule has 104 valence electrons. The lowest BCUT2D eigenvalue weighted by Crippen LogP contribution is -2.38. The fourth-order valence-electron chi connectivity index (χ4n) is 2.35. The van der Waals surface area contributed by atoms with Gasteiger partial charge in [-0.15, -0.1) is 11.8 Å². The van der Waals surface area contributed by atoms with Crippen molar-refractivity contribution in [3.05, 3.63) is 29.3 Å². The van der Waals surface area contributed by atoms with E-state index in [0.29, 0.717) is 5.75 Å². The molecule has 2 rings (SSSR count). The average Bonchev–Trinajstić information content (AvgIpc) is 2.40. The summed E-state index contributed by atoms with van der Waals surface area (Å²) < 4.78 is 0. The van der Waals surface area contributed by atoms with Crippen molar-refractivity contribution in [2.24, 2.45) is 5.92 Å². The van der Waals surface area contributed by atoms with Gasteiger partial charge in [-0.05, 0) is 44.2 Å². The number of nitrogens with zero attached hydrogens (tertiary/aromatic N) is 1. The van der Waals surface area contributed by atoms with Gasteiger partial charge in [0, 0.05) is 18.0 Å². The van der Waals surface area contributed by atoms with Crippen LogP contribution < -0.4 is 0 Å². The molecule has 1 aromatic carbocycles. The van der Waals surface area contributed by atoms with Crippen molar-refractivity contribution >= 4 is 17.7 Å². The first-order valence-electron chi connectivity index (χ1n) is 7.04. The first-order chi connectivity index (χ1) is 9.06. The summed E-state index contributed by atoms with van der Waals surface area (Å²) in [6.07, 6.45) is 2.31. The third-order valence-corrected chi connectivity index (χ3v) is 4.97. The number of amides is 1. The molecule has 1 amide bonds. The molecule has 1 saturated heterocycles. The molecule has 1 aliphatic rings. The fraction of sp³-hybridized carbons (Fsp3) is 0.562. The normalized spacial score (nSPS) is 16.7. The van der Waals surface area contributed by atoms with Gasteiger partial charge in [0.05, 0.1) is 5.75 Å². The van der Waals surface area contributed by atoms with Gasteiger partial charge in [-0.1, -0.05) is 24.6 Å². The van der Waals surface area contributed by atoms with Crippen LogP contribution in [0.1, 0.15) is 30.9 Å². The quantitative estimate of drug-likeness (QED) is 0.786. The smallest absolute Gasteiger partial charge is 0.232 e. The third-order valence-electron chi connectivity index (χ3n) is 3.83. The number of thioether (sulfide) groups is 1. The van der Waals surface area contributed by atoms with Crippen molar-refractivity contribution in [1.29, 1.82) is 0 Å². The SMILES string of the molecule is Cc1ccc(C)c(SCC(=O)N2CCC(C)CC2)c1. The zero-order valence-corrected chi connectivity index (χ0v) is 12.9. The fourth-order valence-corrected chi connectivity index (χ4v) is 3.38. The first kappa shape index (κ1) is 14.4. The summed E-state index contributed by atoms with van der Waals surface area (Å²) in [7, 11) is 0. The molecule has 1 aliphatic heterocycles. The number of hydrogen-bond donors (Lipinski definition) is 0. The second-order valence-corrected chi connectivity index (χ2v) is 6.64. The van der Waals surface area contributed by atoms with Crippen LogP contribution in [0.25, 0.3) is 0 Å². The molecule has 0 aromatic heterocycles. The number of carbonyl (C=O) groups excluding carboxylic acids is 1. The van der Waals surface area contributed by atoms with Gasteiger partial charge in [0.1, 0.15) is 0 Å². The van der Waals surface area contributed by atoms with Crippen LogP contribution in [0.2, 0.25) is 0 Å². The van der Waals surface area contributed by atoms with E-state index in [4.69, 9.17) is 0 Å². The Morgan fingerprint density at radius 1 is 1.32 bits per heavy atom. The average molecular weight is 277 g/mol. The lowest BCUT2D eigenvalue weighted by Gasteiger charge is -2.30. The predicted octanol–water partition coefficient (Wildman–Crippen LogP) is 3.65. The van der Waals surface area contributed by atoms with Crippen LogP contribution in [0.3, 0.4) is 0 Å². The number of carbonyl (C=O) groups is 1. The second kappa shape index (κ2) is 6.47. The van der Waals surface area contributed by atoms with E-state index < -0.39 is 0 Å². The van der Waals surface area contributed by atoms with E-state index in [1.807, 2.05) is 4.90 Å². The van der Waals surface area contributed by atoms with Crippen LogP contribution in [-0.2, 0) is 4.79 Å². The molecule has 0 N–H and O–H groups in total. The summed E-state index contributed by atoms with van der Waals surface area (Å²) in [6, 6.07) is 6.42. The Balaban J connectivity index is 1.88. The molecule has 1 heterocycles. The maximum absolute atomic E-state index is 12.2. The minimum absolute atomic E-state index is 0.290. The van der Waals surface area contributed by atoms with Gasteiger partial charge in [0.15, 0.2) is 0 Å². The van der Waals surface area contributed by atoms with Gasteiger partial charge >= 0.3 is 0 Å². The molecule has 0 spiro atoms. The molecule has 1 aromatic rings. The van der Waals surface area contributed by atoms with E-state index in [9.17, 15) is 4.79 Å². The molecule has 0 bridgehead atoms. The number of likely N-dealkylation sites (tertiary alicyclic amines) is 1. The molecule has 3 heteroatoms. The van der Waals surface area contributed by atoms with Crippen molar-refractivity contribution < 1.29 is 4.79 Å².